The molecule has 0 aliphatic carbocycles. The molecule has 0 bridgehead atoms. The largest absolute Gasteiger partial charge is 0.490 e. The van der Waals surface area contributed by atoms with Crippen LogP contribution in [0.4, 0.5) is 4.39 Å². The fourth-order valence-electron chi connectivity index (χ4n) is 1.09. The number of halogens is 1. The molecular formula is C11H12FNO. The fourth-order valence-corrected chi connectivity index (χ4v) is 1.09. The molecule has 0 radical (unpaired) electrons. The number of hydrogen-bond acceptors (Lipinski definition) is 2. The number of nitriles is 1. The molecule has 74 valence electrons. The van der Waals surface area contributed by atoms with Crippen molar-refractivity contribution in [3.8, 4) is 11.8 Å². The highest BCUT2D eigenvalue weighted by Gasteiger charge is 2.09. The van der Waals surface area contributed by atoms with E-state index in [1.54, 1.807) is 13.0 Å². The van der Waals surface area contributed by atoms with Crippen LogP contribution in [0.5, 0.6) is 5.75 Å². The minimum Gasteiger partial charge on any atom is -0.490 e. The Morgan fingerprint density at radius 2 is 2.07 bits per heavy atom. The molecular weight excluding hydrogens is 181 g/mol. The molecule has 1 aromatic rings. The van der Waals surface area contributed by atoms with Gasteiger partial charge in [-0.05, 0) is 38.5 Å². The topological polar surface area (TPSA) is 33.0 Å². The summed E-state index contributed by atoms with van der Waals surface area (Å²) < 4.78 is 18.5. The van der Waals surface area contributed by atoms with Crippen molar-refractivity contribution in [1.29, 1.82) is 5.26 Å². The summed E-state index contributed by atoms with van der Waals surface area (Å²) in [5, 5.41) is 8.75. The minimum atomic E-state index is -0.377. The normalized spacial score (nSPS) is 10.0. The molecule has 3 heteroatoms. The molecule has 0 heterocycles. The summed E-state index contributed by atoms with van der Waals surface area (Å²) in [6, 6.07) is 4.65. The molecule has 0 spiro atoms. The summed E-state index contributed by atoms with van der Waals surface area (Å²) >= 11 is 0. The van der Waals surface area contributed by atoms with Crippen LogP contribution >= 0.6 is 0 Å². The van der Waals surface area contributed by atoms with Crippen molar-refractivity contribution in [2.24, 2.45) is 0 Å². The quantitative estimate of drug-likeness (QED) is 0.723. The minimum absolute atomic E-state index is 0.0213. The zero-order valence-electron chi connectivity index (χ0n) is 8.47. The van der Waals surface area contributed by atoms with Crippen molar-refractivity contribution in [3.05, 3.63) is 29.1 Å². The Kier molecular flexibility index (Phi) is 3.08. The lowest BCUT2D eigenvalue weighted by atomic mass is 10.1. The second-order valence-electron chi connectivity index (χ2n) is 3.38. The van der Waals surface area contributed by atoms with Gasteiger partial charge in [-0.3, -0.25) is 0 Å². The van der Waals surface area contributed by atoms with Crippen LogP contribution in [-0.2, 0) is 0 Å². The highest BCUT2D eigenvalue weighted by atomic mass is 19.1. The van der Waals surface area contributed by atoms with Crippen LogP contribution in [0.15, 0.2) is 12.1 Å². The Labute approximate surface area is 82.9 Å². The van der Waals surface area contributed by atoms with Gasteiger partial charge >= 0.3 is 0 Å². The number of aryl methyl sites for hydroxylation is 1. The number of nitrogens with zero attached hydrogens (tertiary/aromatic N) is 1. The molecule has 0 aliphatic heterocycles. The van der Waals surface area contributed by atoms with E-state index in [4.69, 9.17) is 10.00 Å². The van der Waals surface area contributed by atoms with E-state index in [0.29, 0.717) is 11.3 Å². The van der Waals surface area contributed by atoms with Gasteiger partial charge in [0.05, 0.1) is 11.7 Å². The molecule has 0 saturated heterocycles. The third-order valence-electron chi connectivity index (χ3n) is 1.74. The standard InChI is InChI=1S/C11H12FNO/c1-7(2)14-11-4-8(3)10(12)5-9(11)6-13/h4-5,7H,1-3H3. The predicted molar refractivity (Wildman–Crippen MR) is 51.6 cm³/mol. The van der Waals surface area contributed by atoms with Crippen LogP contribution in [0.2, 0.25) is 0 Å². The van der Waals surface area contributed by atoms with Crippen LogP contribution in [0.3, 0.4) is 0 Å². The first kappa shape index (κ1) is 10.5. The van der Waals surface area contributed by atoms with Gasteiger partial charge in [-0.15, -0.1) is 0 Å². The molecule has 0 amide bonds. The first-order valence-corrected chi connectivity index (χ1v) is 4.41. The Bertz CT molecular complexity index is 380. The predicted octanol–water partition coefficient (Wildman–Crippen LogP) is 2.79. The molecule has 0 fully saturated rings. The summed E-state index contributed by atoms with van der Waals surface area (Å²) in [5.41, 5.74) is 0.724. The molecule has 0 unspecified atom stereocenters. The average molecular weight is 193 g/mol. The van der Waals surface area contributed by atoms with Gasteiger partial charge in [0.1, 0.15) is 17.6 Å². The van der Waals surface area contributed by atoms with Gasteiger partial charge in [0.25, 0.3) is 0 Å². The van der Waals surface area contributed by atoms with Gasteiger partial charge in [0, 0.05) is 0 Å². The van der Waals surface area contributed by atoms with E-state index < -0.39 is 0 Å². The number of ether oxygens (including phenoxy) is 1. The van der Waals surface area contributed by atoms with E-state index in [0.717, 1.165) is 0 Å². The van der Waals surface area contributed by atoms with Gasteiger partial charge in [0.15, 0.2) is 0 Å². The molecule has 2 nitrogen and oxygen atoms in total. The van der Waals surface area contributed by atoms with Crippen molar-refractivity contribution in [2.75, 3.05) is 0 Å². The highest BCUT2D eigenvalue weighted by Crippen LogP contribution is 2.22. The van der Waals surface area contributed by atoms with Crippen molar-refractivity contribution in [1.82, 2.24) is 0 Å². The smallest absolute Gasteiger partial charge is 0.137 e. The van der Waals surface area contributed by atoms with Crippen LogP contribution < -0.4 is 4.74 Å². The van der Waals surface area contributed by atoms with E-state index in [-0.39, 0.29) is 17.5 Å². The third-order valence-corrected chi connectivity index (χ3v) is 1.74. The SMILES string of the molecule is Cc1cc(OC(C)C)c(C#N)cc1F. The second kappa shape index (κ2) is 4.10. The van der Waals surface area contributed by atoms with E-state index in [9.17, 15) is 4.39 Å². The average Bonchev–Trinajstić information content (AvgIpc) is 2.10. The third kappa shape index (κ3) is 2.23. The lowest BCUT2D eigenvalue weighted by Crippen LogP contribution is -2.07. The second-order valence-corrected chi connectivity index (χ2v) is 3.38. The Balaban J connectivity index is 3.15. The van der Waals surface area contributed by atoms with Gasteiger partial charge < -0.3 is 4.74 Å². The zero-order chi connectivity index (χ0) is 10.7. The van der Waals surface area contributed by atoms with E-state index in [1.807, 2.05) is 19.9 Å². The number of benzene rings is 1. The van der Waals surface area contributed by atoms with Crippen LogP contribution in [0.1, 0.15) is 25.0 Å². The first-order valence-electron chi connectivity index (χ1n) is 4.41. The summed E-state index contributed by atoms with van der Waals surface area (Å²) in [6.45, 7) is 5.36. The summed E-state index contributed by atoms with van der Waals surface area (Å²) in [5.74, 6) is 0.0686. The Morgan fingerprint density at radius 3 is 2.57 bits per heavy atom. The Hall–Kier alpha value is -1.56. The number of hydrogen-bond donors (Lipinski definition) is 0. The van der Waals surface area contributed by atoms with Crippen LogP contribution in [0.25, 0.3) is 0 Å². The molecule has 1 aromatic carbocycles. The van der Waals surface area contributed by atoms with Crippen molar-refractivity contribution < 1.29 is 9.13 Å². The maximum atomic E-state index is 13.1. The van der Waals surface area contributed by atoms with Crippen molar-refractivity contribution >= 4 is 0 Å². The molecule has 14 heavy (non-hydrogen) atoms. The van der Waals surface area contributed by atoms with Gasteiger partial charge in [0.2, 0.25) is 0 Å². The molecule has 1 rings (SSSR count). The van der Waals surface area contributed by atoms with Gasteiger partial charge in [-0.1, -0.05) is 0 Å². The molecule has 0 aliphatic rings. The molecule has 0 saturated carbocycles. The summed E-state index contributed by atoms with van der Waals surface area (Å²) in [7, 11) is 0. The maximum absolute atomic E-state index is 13.1. The van der Waals surface area contributed by atoms with Crippen molar-refractivity contribution in [2.45, 2.75) is 26.9 Å². The summed E-state index contributed by atoms with van der Waals surface area (Å²) in [4.78, 5) is 0. The molecule has 0 atom stereocenters. The lowest BCUT2D eigenvalue weighted by molar-refractivity contribution is 0.241. The highest BCUT2D eigenvalue weighted by molar-refractivity contribution is 5.45. The summed E-state index contributed by atoms with van der Waals surface area (Å²) in [6.07, 6.45) is -0.0213. The van der Waals surface area contributed by atoms with Crippen LogP contribution in [-0.4, -0.2) is 6.10 Å². The lowest BCUT2D eigenvalue weighted by Gasteiger charge is -2.11. The first-order chi connectivity index (χ1) is 6.54. The van der Waals surface area contributed by atoms with Crippen molar-refractivity contribution in [3.63, 3.8) is 0 Å². The maximum Gasteiger partial charge on any atom is 0.137 e. The molecule has 0 N–H and O–H groups in total. The van der Waals surface area contributed by atoms with Crippen LogP contribution in [0, 0.1) is 24.1 Å². The van der Waals surface area contributed by atoms with Gasteiger partial charge in [-0.25, -0.2) is 4.39 Å². The molecule has 0 aromatic heterocycles. The Morgan fingerprint density at radius 1 is 1.43 bits per heavy atom. The fraction of sp³-hybridized carbons (Fsp3) is 0.364. The monoisotopic (exact) mass is 193 g/mol. The van der Waals surface area contributed by atoms with Gasteiger partial charge in [-0.2, -0.15) is 5.26 Å². The van der Waals surface area contributed by atoms with E-state index in [2.05, 4.69) is 0 Å². The van der Waals surface area contributed by atoms with E-state index in [1.165, 1.54) is 6.07 Å². The zero-order valence-corrected chi connectivity index (χ0v) is 8.47. The number of rotatable bonds is 2. The van der Waals surface area contributed by atoms with E-state index >= 15 is 0 Å².